The van der Waals surface area contributed by atoms with E-state index < -0.39 is 30.6 Å². The van der Waals surface area contributed by atoms with Crippen LogP contribution in [0.4, 0.5) is 13.2 Å². The Bertz CT molecular complexity index is 570. The van der Waals surface area contributed by atoms with E-state index in [-0.39, 0.29) is 13.2 Å². The third kappa shape index (κ3) is 3.60. The first kappa shape index (κ1) is 16.1. The molecule has 0 aliphatic carbocycles. The van der Waals surface area contributed by atoms with E-state index >= 15 is 0 Å². The second kappa shape index (κ2) is 6.39. The van der Waals surface area contributed by atoms with Crippen molar-refractivity contribution in [3.8, 4) is 5.75 Å². The van der Waals surface area contributed by atoms with Gasteiger partial charge in [-0.3, -0.25) is 4.79 Å². The number of hydrogen-bond donors (Lipinski definition) is 0. The van der Waals surface area contributed by atoms with Crippen molar-refractivity contribution in [1.29, 1.82) is 0 Å². The molecule has 7 heteroatoms. The lowest BCUT2D eigenvalue weighted by Gasteiger charge is -2.36. The normalized spacial score (nSPS) is 24.0. The van der Waals surface area contributed by atoms with Gasteiger partial charge in [-0.25, -0.2) is 0 Å². The van der Waals surface area contributed by atoms with Crippen LogP contribution in [0.25, 0.3) is 0 Å². The molecule has 2 heterocycles. The van der Waals surface area contributed by atoms with E-state index in [4.69, 9.17) is 9.47 Å². The number of fused-ring (bicyclic) bond motifs is 1. The van der Waals surface area contributed by atoms with Crippen molar-refractivity contribution in [3.63, 3.8) is 0 Å². The van der Waals surface area contributed by atoms with Crippen molar-refractivity contribution < 1.29 is 27.4 Å². The lowest BCUT2D eigenvalue weighted by Crippen LogP contribution is -2.50. The predicted octanol–water partition coefficient (Wildman–Crippen LogP) is 2.73. The number of halogens is 3. The minimum Gasteiger partial charge on any atom is -0.492 e. The maximum Gasteiger partial charge on any atom is 0.406 e. The number of carbonyl (C=O) groups excluding carboxylic acids is 1. The van der Waals surface area contributed by atoms with Gasteiger partial charge in [0.1, 0.15) is 24.8 Å². The van der Waals surface area contributed by atoms with Crippen molar-refractivity contribution in [2.24, 2.45) is 0 Å². The Labute approximate surface area is 132 Å². The van der Waals surface area contributed by atoms with Gasteiger partial charge in [0.2, 0.25) is 5.91 Å². The maximum atomic E-state index is 12.9. The van der Waals surface area contributed by atoms with Gasteiger partial charge >= 0.3 is 6.18 Å². The van der Waals surface area contributed by atoms with Gasteiger partial charge in [0.25, 0.3) is 0 Å². The monoisotopic (exact) mass is 329 g/mol. The average molecular weight is 329 g/mol. The van der Waals surface area contributed by atoms with Gasteiger partial charge in [-0.15, -0.1) is 0 Å². The maximum absolute atomic E-state index is 12.9. The fraction of sp³-hybridized carbons (Fsp3) is 0.562. The van der Waals surface area contributed by atoms with Crippen LogP contribution >= 0.6 is 0 Å². The number of benzene rings is 1. The SMILES string of the molecule is O=C(C1COc2ccccc21)N(CC(F)(F)F)C1CCCOC1. The zero-order chi connectivity index (χ0) is 16.4. The number of alkyl halides is 3. The van der Waals surface area contributed by atoms with Gasteiger partial charge in [-0.05, 0) is 18.9 Å². The number of nitrogens with zero attached hydrogens (tertiary/aromatic N) is 1. The third-order valence-electron chi connectivity index (χ3n) is 4.21. The molecule has 23 heavy (non-hydrogen) atoms. The Morgan fingerprint density at radius 3 is 2.74 bits per heavy atom. The summed E-state index contributed by atoms with van der Waals surface area (Å²) in [6, 6.07) is 6.44. The van der Waals surface area contributed by atoms with Crippen LogP contribution in [0.1, 0.15) is 24.3 Å². The van der Waals surface area contributed by atoms with Crippen molar-refractivity contribution >= 4 is 5.91 Å². The summed E-state index contributed by atoms with van der Waals surface area (Å²) in [7, 11) is 0. The molecule has 1 aromatic rings. The Kier molecular flexibility index (Phi) is 4.48. The number of para-hydroxylation sites is 1. The van der Waals surface area contributed by atoms with Crippen molar-refractivity contribution in [2.45, 2.75) is 31.0 Å². The highest BCUT2D eigenvalue weighted by atomic mass is 19.4. The number of ether oxygens (including phenoxy) is 2. The summed E-state index contributed by atoms with van der Waals surface area (Å²) < 4.78 is 49.5. The average Bonchev–Trinajstić information content (AvgIpc) is 2.96. The molecule has 2 unspecified atom stereocenters. The topological polar surface area (TPSA) is 38.8 Å². The van der Waals surface area contributed by atoms with E-state index in [1.165, 1.54) is 0 Å². The summed E-state index contributed by atoms with van der Waals surface area (Å²) in [6.45, 7) is -0.490. The fourth-order valence-corrected chi connectivity index (χ4v) is 3.12. The van der Waals surface area contributed by atoms with Gasteiger partial charge in [0.05, 0.1) is 12.6 Å². The molecule has 0 saturated carbocycles. The zero-order valence-electron chi connectivity index (χ0n) is 12.5. The van der Waals surface area contributed by atoms with Gasteiger partial charge in [0, 0.05) is 12.2 Å². The number of amides is 1. The molecule has 2 aliphatic heterocycles. The molecule has 0 bridgehead atoms. The Morgan fingerprint density at radius 2 is 2.04 bits per heavy atom. The van der Waals surface area contributed by atoms with Crippen molar-refractivity contribution in [1.82, 2.24) is 4.90 Å². The van der Waals surface area contributed by atoms with Crippen molar-refractivity contribution in [2.75, 3.05) is 26.4 Å². The summed E-state index contributed by atoms with van der Waals surface area (Å²) in [6.07, 6.45) is -3.26. The summed E-state index contributed by atoms with van der Waals surface area (Å²) in [4.78, 5) is 13.7. The molecule has 0 radical (unpaired) electrons. The van der Waals surface area contributed by atoms with Crippen LogP contribution in [0.3, 0.4) is 0 Å². The number of rotatable bonds is 3. The Hall–Kier alpha value is -1.76. The quantitative estimate of drug-likeness (QED) is 0.856. The van der Waals surface area contributed by atoms with Gasteiger partial charge in [-0.2, -0.15) is 13.2 Å². The molecule has 0 spiro atoms. The first-order chi connectivity index (χ1) is 11.0. The van der Waals surface area contributed by atoms with Gasteiger partial charge in [0.15, 0.2) is 0 Å². The van der Waals surface area contributed by atoms with Crippen LogP contribution in [-0.2, 0) is 9.53 Å². The molecular formula is C16H18F3NO3. The second-order valence-corrected chi connectivity index (χ2v) is 5.85. The fourth-order valence-electron chi connectivity index (χ4n) is 3.12. The molecule has 3 rings (SSSR count). The summed E-state index contributed by atoms with van der Waals surface area (Å²) >= 11 is 0. The standard InChI is InChI=1S/C16H18F3NO3/c17-16(18,19)10-20(11-4-3-7-22-8-11)15(21)13-9-23-14-6-2-1-5-12(13)14/h1-2,5-6,11,13H,3-4,7-10H2. The van der Waals surface area contributed by atoms with E-state index in [9.17, 15) is 18.0 Å². The van der Waals surface area contributed by atoms with Crippen LogP contribution in [0.15, 0.2) is 24.3 Å². The molecule has 0 N–H and O–H groups in total. The molecule has 0 aromatic heterocycles. The molecule has 126 valence electrons. The largest absolute Gasteiger partial charge is 0.492 e. The summed E-state index contributed by atoms with van der Waals surface area (Å²) in [5, 5.41) is 0. The summed E-state index contributed by atoms with van der Waals surface area (Å²) in [5.41, 5.74) is 0.654. The summed E-state index contributed by atoms with van der Waals surface area (Å²) in [5.74, 6) is -0.657. The molecule has 4 nitrogen and oxygen atoms in total. The number of carbonyl (C=O) groups is 1. The first-order valence-electron chi connectivity index (χ1n) is 7.62. The Balaban J connectivity index is 1.83. The second-order valence-electron chi connectivity index (χ2n) is 5.85. The lowest BCUT2D eigenvalue weighted by atomic mass is 9.98. The zero-order valence-corrected chi connectivity index (χ0v) is 12.5. The molecule has 1 saturated heterocycles. The molecule has 2 aliphatic rings. The minimum absolute atomic E-state index is 0.0834. The number of hydrogen-bond acceptors (Lipinski definition) is 3. The van der Waals surface area contributed by atoms with E-state index in [2.05, 4.69) is 0 Å². The molecule has 2 atom stereocenters. The van der Waals surface area contributed by atoms with Gasteiger partial charge in [-0.1, -0.05) is 18.2 Å². The molecular weight excluding hydrogens is 311 g/mol. The molecule has 1 fully saturated rings. The molecule has 1 amide bonds. The third-order valence-corrected chi connectivity index (χ3v) is 4.21. The highest BCUT2D eigenvalue weighted by molar-refractivity contribution is 5.86. The minimum atomic E-state index is -4.44. The lowest BCUT2D eigenvalue weighted by molar-refractivity contribution is -0.171. The first-order valence-corrected chi connectivity index (χ1v) is 7.62. The van der Waals surface area contributed by atoms with Crippen LogP contribution in [0, 0.1) is 0 Å². The smallest absolute Gasteiger partial charge is 0.406 e. The van der Waals surface area contributed by atoms with Crippen LogP contribution in [0.2, 0.25) is 0 Å². The predicted molar refractivity (Wildman–Crippen MR) is 76.3 cm³/mol. The molecule has 1 aromatic carbocycles. The van der Waals surface area contributed by atoms with Crippen molar-refractivity contribution in [3.05, 3.63) is 29.8 Å². The van der Waals surface area contributed by atoms with E-state index in [0.717, 1.165) is 4.90 Å². The van der Waals surface area contributed by atoms with Crippen LogP contribution in [-0.4, -0.2) is 49.4 Å². The van der Waals surface area contributed by atoms with Crippen LogP contribution in [0.5, 0.6) is 5.75 Å². The van der Waals surface area contributed by atoms with E-state index in [0.29, 0.717) is 30.8 Å². The van der Waals surface area contributed by atoms with Crippen LogP contribution < -0.4 is 4.74 Å². The van der Waals surface area contributed by atoms with Gasteiger partial charge < -0.3 is 14.4 Å². The highest BCUT2D eigenvalue weighted by Crippen LogP contribution is 2.36. The Morgan fingerprint density at radius 1 is 1.26 bits per heavy atom. The van der Waals surface area contributed by atoms with E-state index in [1.54, 1.807) is 24.3 Å². The van der Waals surface area contributed by atoms with E-state index in [1.807, 2.05) is 0 Å². The highest BCUT2D eigenvalue weighted by Gasteiger charge is 2.41.